The Morgan fingerprint density at radius 3 is 2.74 bits per heavy atom. The molecule has 146 valence electrons. The Balaban J connectivity index is 2.05. The van der Waals surface area contributed by atoms with Crippen LogP contribution >= 0.6 is 11.3 Å². The summed E-state index contributed by atoms with van der Waals surface area (Å²) in [6, 6.07) is 6.26. The molecule has 1 aromatic heterocycles. The van der Waals surface area contributed by atoms with Gasteiger partial charge in [0.25, 0.3) is 0 Å². The second-order valence-electron chi connectivity index (χ2n) is 6.65. The fraction of sp³-hybridized carbons (Fsp3) is 0.409. The predicted octanol–water partition coefficient (Wildman–Crippen LogP) is 6.28. The molecular formula is C22H31N3OS. The van der Waals surface area contributed by atoms with Crippen LogP contribution in [0.4, 0.5) is 10.8 Å². The first-order valence-corrected chi connectivity index (χ1v) is 10.5. The molecule has 3 N–H and O–H groups in total. The largest absolute Gasteiger partial charge is 0.493 e. The quantitative estimate of drug-likeness (QED) is 0.373. The van der Waals surface area contributed by atoms with Gasteiger partial charge in [0.15, 0.2) is 5.13 Å². The van der Waals surface area contributed by atoms with Crippen LogP contribution in [0.15, 0.2) is 41.4 Å². The molecular weight excluding hydrogens is 354 g/mol. The monoisotopic (exact) mass is 385 g/mol. The molecule has 1 heterocycles. The summed E-state index contributed by atoms with van der Waals surface area (Å²) in [6.45, 7) is 9.06. The van der Waals surface area contributed by atoms with Crippen LogP contribution in [0.3, 0.4) is 0 Å². The summed E-state index contributed by atoms with van der Waals surface area (Å²) in [7, 11) is 0. The van der Waals surface area contributed by atoms with Crippen molar-refractivity contribution in [1.82, 2.24) is 4.98 Å². The van der Waals surface area contributed by atoms with Gasteiger partial charge in [0.2, 0.25) is 0 Å². The van der Waals surface area contributed by atoms with E-state index in [1.807, 2.05) is 26.0 Å². The molecule has 0 aliphatic heterocycles. The number of allylic oxidation sites excluding steroid dienone is 4. The van der Waals surface area contributed by atoms with Crippen molar-refractivity contribution >= 4 is 27.7 Å². The highest BCUT2D eigenvalue weighted by Gasteiger charge is 2.07. The van der Waals surface area contributed by atoms with Crippen molar-refractivity contribution in [3.63, 3.8) is 0 Å². The number of nitrogens with zero attached hydrogens (tertiary/aromatic N) is 1. The minimum absolute atomic E-state index is 0.784. The number of hydrogen-bond donors (Lipinski definition) is 2. The highest BCUT2D eigenvalue weighted by atomic mass is 32.1. The first-order valence-electron chi connectivity index (χ1n) is 9.62. The molecule has 5 heteroatoms. The van der Waals surface area contributed by atoms with E-state index >= 15 is 0 Å². The molecule has 1 aromatic carbocycles. The van der Waals surface area contributed by atoms with Crippen LogP contribution < -0.4 is 15.8 Å². The van der Waals surface area contributed by atoms with Gasteiger partial charge in [-0.05, 0) is 62.1 Å². The Morgan fingerprint density at radius 2 is 2.04 bits per heavy atom. The molecule has 2 aromatic rings. The predicted molar refractivity (Wildman–Crippen MR) is 118 cm³/mol. The minimum atomic E-state index is 0.784. The third-order valence-electron chi connectivity index (χ3n) is 4.20. The Kier molecular flexibility index (Phi) is 8.40. The molecule has 0 radical (unpaired) electrons. The van der Waals surface area contributed by atoms with Gasteiger partial charge in [-0.1, -0.05) is 32.8 Å². The number of anilines is 2. The third-order valence-corrected chi connectivity index (χ3v) is 4.96. The number of benzene rings is 1. The van der Waals surface area contributed by atoms with Crippen LogP contribution in [0.2, 0.25) is 0 Å². The van der Waals surface area contributed by atoms with Crippen LogP contribution in [-0.4, -0.2) is 11.6 Å². The van der Waals surface area contributed by atoms with Crippen LogP contribution in [-0.2, 0) is 6.42 Å². The number of thiazole rings is 1. The molecule has 4 nitrogen and oxygen atoms in total. The van der Waals surface area contributed by atoms with Gasteiger partial charge in [-0.3, -0.25) is 0 Å². The molecule has 2 rings (SSSR count). The molecule has 0 spiro atoms. The molecule has 0 amide bonds. The smallest absolute Gasteiger partial charge is 0.187 e. The maximum Gasteiger partial charge on any atom is 0.187 e. The Bertz CT molecular complexity index is 789. The molecule has 0 unspecified atom stereocenters. The molecule has 0 bridgehead atoms. The van der Waals surface area contributed by atoms with E-state index in [1.54, 1.807) is 11.3 Å². The number of aryl methyl sites for hydroxylation is 1. The summed E-state index contributed by atoms with van der Waals surface area (Å²) in [5, 5.41) is 6.34. The van der Waals surface area contributed by atoms with Crippen molar-refractivity contribution in [2.75, 3.05) is 11.9 Å². The Morgan fingerprint density at radius 1 is 1.22 bits per heavy atom. The van der Waals surface area contributed by atoms with Crippen molar-refractivity contribution in [1.29, 1.82) is 0 Å². The lowest BCUT2D eigenvalue weighted by atomic mass is 10.1. The normalized spacial score (nSPS) is 12.3. The maximum atomic E-state index is 5.95. The Labute approximate surface area is 167 Å². The standard InChI is InChI=1S/C22H31N3OS/c1-5-7-8-13-26-21-12-11-19(14-18(21)6-2)24-22-25-20(15-27-22)16(3)9-10-17(4)23/h9-12,14-15H,5-8,13,23H2,1-4H3,(H,24,25)/b16-9+,17-10-. The molecule has 0 atom stereocenters. The number of ether oxygens (including phenoxy) is 1. The SMILES string of the molecule is CCCCCOc1ccc(Nc2nc(/C(C)=C/C=C(/C)N)cs2)cc1CC. The van der Waals surface area contributed by atoms with E-state index in [0.717, 1.165) is 53.0 Å². The summed E-state index contributed by atoms with van der Waals surface area (Å²) in [5.41, 5.74) is 10.8. The van der Waals surface area contributed by atoms with E-state index in [1.165, 1.54) is 18.4 Å². The van der Waals surface area contributed by atoms with Crippen molar-refractivity contribution in [3.8, 4) is 5.75 Å². The maximum absolute atomic E-state index is 5.95. The lowest BCUT2D eigenvalue weighted by Crippen LogP contribution is -2.01. The zero-order valence-electron chi connectivity index (χ0n) is 16.8. The van der Waals surface area contributed by atoms with Gasteiger partial charge in [0.1, 0.15) is 5.75 Å². The number of unbranched alkanes of at least 4 members (excludes halogenated alkanes) is 2. The van der Waals surface area contributed by atoms with E-state index in [9.17, 15) is 0 Å². The first kappa shape index (κ1) is 21.0. The lowest BCUT2D eigenvalue weighted by Gasteiger charge is -2.12. The van der Waals surface area contributed by atoms with Crippen molar-refractivity contribution < 1.29 is 4.74 Å². The van der Waals surface area contributed by atoms with Gasteiger partial charge >= 0.3 is 0 Å². The van der Waals surface area contributed by atoms with Gasteiger partial charge in [0.05, 0.1) is 12.3 Å². The zero-order valence-corrected chi connectivity index (χ0v) is 17.7. The van der Waals surface area contributed by atoms with E-state index in [4.69, 9.17) is 10.5 Å². The van der Waals surface area contributed by atoms with E-state index in [2.05, 4.69) is 47.7 Å². The van der Waals surface area contributed by atoms with Crippen LogP contribution in [0.5, 0.6) is 5.75 Å². The van der Waals surface area contributed by atoms with Crippen molar-refractivity contribution in [3.05, 3.63) is 52.7 Å². The highest BCUT2D eigenvalue weighted by molar-refractivity contribution is 7.13. The summed E-state index contributed by atoms with van der Waals surface area (Å²) in [5.74, 6) is 0.988. The van der Waals surface area contributed by atoms with E-state index in [-0.39, 0.29) is 0 Å². The number of nitrogens with two attached hydrogens (primary N) is 1. The molecule has 0 fully saturated rings. The summed E-state index contributed by atoms with van der Waals surface area (Å²) in [4.78, 5) is 4.67. The van der Waals surface area contributed by atoms with Gasteiger partial charge in [0, 0.05) is 16.8 Å². The Hall–Kier alpha value is -2.27. The molecule has 0 saturated heterocycles. The lowest BCUT2D eigenvalue weighted by molar-refractivity contribution is 0.303. The van der Waals surface area contributed by atoms with Gasteiger partial charge in [-0.2, -0.15) is 0 Å². The fourth-order valence-corrected chi connectivity index (χ4v) is 3.38. The summed E-state index contributed by atoms with van der Waals surface area (Å²) < 4.78 is 5.95. The minimum Gasteiger partial charge on any atom is -0.493 e. The molecule has 27 heavy (non-hydrogen) atoms. The average Bonchev–Trinajstić information content (AvgIpc) is 3.12. The van der Waals surface area contributed by atoms with Crippen molar-refractivity contribution in [2.24, 2.45) is 5.73 Å². The fourth-order valence-electron chi connectivity index (χ4n) is 2.59. The average molecular weight is 386 g/mol. The van der Waals surface area contributed by atoms with Crippen LogP contribution in [0.25, 0.3) is 5.57 Å². The van der Waals surface area contributed by atoms with Gasteiger partial charge in [-0.25, -0.2) is 4.98 Å². The molecule has 0 aliphatic carbocycles. The number of rotatable bonds is 10. The summed E-state index contributed by atoms with van der Waals surface area (Å²) in [6.07, 6.45) is 8.35. The topological polar surface area (TPSA) is 60.2 Å². The third kappa shape index (κ3) is 6.75. The number of hydrogen-bond acceptors (Lipinski definition) is 5. The second kappa shape index (κ2) is 10.8. The van der Waals surface area contributed by atoms with Gasteiger partial charge in [-0.15, -0.1) is 11.3 Å². The first-order chi connectivity index (χ1) is 13.0. The number of aromatic nitrogens is 1. The van der Waals surface area contributed by atoms with Crippen LogP contribution in [0.1, 0.15) is 58.2 Å². The van der Waals surface area contributed by atoms with Crippen LogP contribution in [0, 0.1) is 0 Å². The second-order valence-corrected chi connectivity index (χ2v) is 7.51. The molecule has 0 saturated carbocycles. The highest BCUT2D eigenvalue weighted by Crippen LogP contribution is 2.28. The molecule has 0 aliphatic rings. The number of nitrogens with one attached hydrogen (secondary N) is 1. The summed E-state index contributed by atoms with van der Waals surface area (Å²) >= 11 is 1.60. The van der Waals surface area contributed by atoms with E-state index in [0.29, 0.717) is 0 Å². The van der Waals surface area contributed by atoms with Crippen molar-refractivity contribution in [2.45, 2.75) is 53.4 Å². The zero-order chi connectivity index (χ0) is 19.6. The van der Waals surface area contributed by atoms with E-state index < -0.39 is 0 Å². The van der Waals surface area contributed by atoms with Gasteiger partial charge < -0.3 is 15.8 Å².